The molecule has 0 atom stereocenters. The molecule has 0 bridgehead atoms. The van der Waals surface area contributed by atoms with Crippen molar-refractivity contribution in [2.45, 2.75) is 33.1 Å². The minimum Gasteiger partial charge on any atom is -0.385 e. The van der Waals surface area contributed by atoms with Gasteiger partial charge in [-0.2, -0.15) is 0 Å². The van der Waals surface area contributed by atoms with Crippen molar-refractivity contribution in [3.05, 3.63) is 0 Å². The van der Waals surface area contributed by atoms with Gasteiger partial charge in [-0.05, 0) is 45.3 Å². The second-order valence-corrected chi connectivity index (χ2v) is 3.53. The van der Waals surface area contributed by atoms with E-state index in [0.717, 1.165) is 12.5 Å². The van der Waals surface area contributed by atoms with Crippen LogP contribution in [-0.2, 0) is 4.74 Å². The summed E-state index contributed by atoms with van der Waals surface area (Å²) in [4.78, 5) is 2.41. The lowest BCUT2D eigenvalue weighted by atomic mass is 9.94. The number of hydrogen-bond acceptors (Lipinski definition) is 2. The molecule has 1 aliphatic rings. The molecule has 13 heavy (non-hydrogen) atoms. The average molecular weight is 187 g/mol. The van der Waals surface area contributed by atoms with Crippen molar-refractivity contribution in [1.82, 2.24) is 4.90 Å². The summed E-state index contributed by atoms with van der Waals surface area (Å²) in [6, 6.07) is 0. The van der Waals surface area contributed by atoms with Crippen LogP contribution in [0.25, 0.3) is 0 Å². The fraction of sp³-hybridized carbons (Fsp3) is 1.00. The van der Waals surface area contributed by atoms with Gasteiger partial charge in [0.05, 0.1) is 0 Å². The second-order valence-electron chi connectivity index (χ2n) is 3.53. The van der Waals surface area contributed by atoms with Gasteiger partial charge in [-0.15, -0.1) is 0 Å². The topological polar surface area (TPSA) is 12.5 Å². The molecule has 1 rings (SSSR count). The number of piperidine rings is 1. The lowest BCUT2D eigenvalue weighted by Crippen LogP contribution is -2.30. The molecule has 0 unspecified atom stereocenters. The first-order valence-corrected chi connectivity index (χ1v) is 5.50. The van der Waals surface area contributed by atoms with Crippen LogP contribution in [0.1, 0.15) is 33.1 Å². The van der Waals surface area contributed by atoms with Crippen molar-refractivity contribution in [3.63, 3.8) is 0 Å². The van der Waals surface area contributed by atoms with Crippen molar-refractivity contribution in [2.24, 2.45) is 5.92 Å². The molecule has 0 amide bonds. The Labute approximate surface area is 83.3 Å². The zero-order valence-electron chi connectivity index (χ0n) is 9.68. The number of hydrogen-bond donors (Lipinski definition) is 0. The molecule has 80 valence electrons. The number of methoxy groups -OCH3 is 1. The number of likely N-dealkylation sites (tertiary alicyclic amines) is 1. The number of rotatable bonds is 3. The molecule has 0 N–H and O–H groups in total. The standard InChI is InChI=1S/C9H19NO.C2H6/c1-10-6-3-9(4-7-10)5-8-11-2;1-2/h9H,3-8H2,1-2H3;1-2H3. The van der Waals surface area contributed by atoms with Crippen LogP contribution in [0.4, 0.5) is 0 Å². The zero-order chi connectivity index (χ0) is 10.1. The summed E-state index contributed by atoms with van der Waals surface area (Å²) in [5.41, 5.74) is 0. The van der Waals surface area contributed by atoms with Gasteiger partial charge in [0, 0.05) is 13.7 Å². The normalized spacial score (nSPS) is 19.4. The molecule has 1 saturated heterocycles. The zero-order valence-corrected chi connectivity index (χ0v) is 9.68. The second kappa shape index (κ2) is 8.52. The van der Waals surface area contributed by atoms with Crippen LogP contribution in [0.15, 0.2) is 0 Å². The highest BCUT2D eigenvalue weighted by atomic mass is 16.5. The van der Waals surface area contributed by atoms with Crippen molar-refractivity contribution >= 4 is 0 Å². The smallest absolute Gasteiger partial charge is 0.0464 e. The van der Waals surface area contributed by atoms with E-state index < -0.39 is 0 Å². The highest BCUT2D eigenvalue weighted by molar-refractivity contribution is 4.69. The molecule has 0 radical (unpaired) electrons. The third kappa shape index (κ3) is 6.05. The van der Waals surface area contributed by atoms with E-state index in [0.29, 0.717) is 0 Å². The van der Waals surface area contributed by atoms with E-state index in [2.05, 4.69) is 11.9 Å². The predicted molar refractivity (Wildman–Crippen MR) is 58.1 cm³/mol. The third-order valence-corrected chi connectivity index (χ3v) is 2.57. The quantitative estimate of drug-likeness (QED) is 0.672. The van der Waals surface area contributed by atoms with Gasteiger partial charge in [-0.1, -0.05) is 13.8 Å². The maximum Gasteiger partial charge on any atom is 0.0464 e. The van der Waals surface area contributed by atoms with Gasteiger partial charge in [-0.3, -0.25) is 0 Å². The van der Waals surface area contributed by atoms with Crippen molar-refractivity contribution in [1.29, 1.82) is 0 Å². The Bertz CT molecular complexity index is 95.5. The Morgan fingerprint density at radius 1 is 1.23 bits per heavy atom. The van der Waals surface area contributed by atoms with Gasteiger partial charge in [0.25, 0.3) is 0 Å². The molecule has 1 fully saturated rings. The Morgan fingerprint density at radius 3 is 2.23 bits per heavy atom. The molecular weight excluding hydrogens is 162 g/mol. The first-order chi connectivity index (χ1) is 6.33. The summed E-state index contributed by atoms with van der Waals surface area (Å²) < 4.78 is 5.06. The summed E-state index contributed by atoms with van der Waals surface area (Å²) in [6.07, 6.45) is 3.98. The van der Waals surface area contributed by atoms with Crippen LogP contribution < -0.4 is 0 Å². The van der Waals surface area contributed by atoms with Crippen molar-refractivity contribution < 1.29 is 4.74 Å². The fourth-order valence-electron chi connectivity index (χ4n) is 1.64. The first kappa shape index (κ1) is 12.9. The van der Waals surface area contributed by atoms with Crippen LogP contribution >= 0.6 is 0 Å². The Kier molecular flexibility index (Phi) is 8.46. The maximum absolute atomic E-state index is 5.06. The van der Waals surface area contributed by atoms with Crippen LogP contribution in [-0.4, -0.2) is 38.8 Å². The lowest BCUT2D eigenvalue weighted by molar-refractivity contribution is 0.146. The largest absolute Gasteiger partial charge is 0.385 e. The van der Waals surface area contributed by atoms with Gasteiger partial charge in [0.1, 0.15) is 0 Å². The van der Waals surface area contributed by atoms with E-state index in [1.165, 1.54) is 32.4 Å². The van der Waals surface area contributed by atoms with Crippen LogP contribution in [0.5, 0.6) is 0 Å². The van der Waals surface area contributed by atoms with Gasteiger partial charge in [0.2, 0.25) is 0 Å². The molecule has 0 aromatic heterocycles. The van der Waals surface area contributed by atoms with E-state index in [9.17, 15) is 0 Å². The molecular formula is C11H25NO. The molecule has 1 heterocycles. The fourth-order valence-corrected chi connectivity index (χ4v) is 1.64. The summed E-state index contributed by atoms with van der Waals surface area (Å²) in [7, 11) is 3.99. The van der Waals surface area contributed by atoms with E-state index >= 15 is 0 Å². The van der Waals surface area contributed by atoms with Crippen LogP contribution in [0.3, 0.4) is 0 Å². The number of ether oxygens (including phenoxy) is 1. The molecule has 2 heteroatoms. The van der Waals surface area contributed by atoms with Crippen molar-refractivity contribution in [3.8, 4) is 0 Å². The minimum atomic E-state index is 0.922. The maximum atomic E-state index is 5.06. The van der Waals surface area contributed by atoms with Crippen LogP contribution in [0, 0.1) is 5.92 Å². The van der Waals surface area contributed by atoms with Crippen LogP contribution in [0.2, 0.25) is 0 Å². The Balaban J connectivity index is 0.000000671. The molecule has 0 spiro atoms. The minimum absolute atomic E-state index is 0.922. The van der Waals surface area contributed by atoms with Crippen molar-refractivity contribution in [2.75, 3.05) is 33.9 Å². The van der Waals surface area contributed by atoms with E-state index in [1.807, 2.05) is 13.8 Å². The van der Waals surface area contributed by atoms with E-state index in [-0.39, 0.29) is 0 Å². The molecule has 2 nitrogen and oxygen atoms in total. The molecule has 0 aliphatic carbocycles. The van der Waals surface area contributed by atoms with E-state index in [1.54, 1.807) is 7.11 Å². The van der Waals surface area contributed by atoms with Gasteiger partial charge >= 0.3 is 0 Å². The highest BCUT2D eigenvalue weighted by Gasteiger charge is 2.15. The average Bonchev–Trinajstić information content (AvgIpc) is 2.20. The molecule has 0 saturated carbocycles. The lowest BCUT2D eigenvalue weighted by Gasteiger charge is -2.28. The number of nitrogens with zero attached hydrogens (tertiary/aromatic N) is 1. The predicted octanol–water partition coefficient (Wildman–Crippen LogP) is 2.39. The van der Waals surface area contributed by atoms with Gasteiger partial charge in [0.15, 0.2) is 0 Å². The summed E-state index contributed by atoms with van der Waals surface area (Å²) in [5, 5.41) is 0. The SMILES string of the molecule is CC.COCCC1CCN(C)CC1. The summed E-state index contributed by atoms with van der Waals surface area (Å²) in [6.45, 7) is 7.48. The third-order valence-electron chi connectivity index (χ3n) is 2.57. The van der Waals surface area contributed by atoms with Gasteiger partial charge < -0.3 is 9.64 Å². The summed E-state index contributed by atoms with van der Waals surface area (Å²) >= 11 is 0. The van der Waals surface area contributed by atoms with E-state index in [4.69, 9.17) is 4.74 Å². The first-order valence-electron chi connectivity index (χ1n) is 5.50. The monoisotopic (exact) mass is 187 g/mol. The molecule has 0 aromatic rings. The summed E-state index contributed by atoms with van der Waals surface area (Å²) in [5.74, 6) is 0.922. The van der Waals surface area contributed by atoms with Gasteiger partial charge in [-0.25, -0.2) is 0 Å². The highest BCUT2D eigenvalue weighted by Crippen LogP contribution is 2.18. The Morgan fingerprint density at radius 2 is 1.77 bits per heavy atom. The molecule has 0 aromatic carbocycles. The molecule has 1 aliphatic heterocycles. The Hall–Kier alpha value is -0.0800.